The highest BCUT2D eigenvalue weighted by Crippen LogP contribution is 2.41. The van der Waals surface area contributed by atoms with Crippen molar-refractivity contribution in [3.8, 4) is 27.9 Å². The molecule has 0 N–H and O–H groups in total. The van der Waals surface area contributed by atoms with Crippen molar-refractivity contribution in [2.45, 2.75) is 0 Å². The smallest absolute Gasteiger partial charge is 0.179 e. The maximum atomic E-state index is 6.85. The molecular formula is C54H37NOSi. The number of hydrogen-bond donors (Lipinski definition) is 0. The number of aromatic nitrogens is 1. The number of rotatable bonds is 7. The number of nitrogens with zero attached hydrogens (tertiary/aromatic N) is 1. The van der Waals surface area contributed by atoms with Crippen LogP contribution in [-0.4, -0.2) is 12.6 Å². The molecule has 0 aliphatic heterocycles. The van der Waals surface area contributed by atoms with Crippen molar-refractivity contribution in [1.82, 2.24) is 4.57 Å². The van der Waals surface area contributed by atoms with E-state index in [9.17, 15) is 0 Å². The van der Waals surface area contributed by atoms with Crippen LogP contribution in [-0.2, 0) is 0 Å². The fourth-order valence-electron chi connectivity index (χ4n) is 9.29. The minimum Gasteiger partial charge on any atom is -0.455 e. The van der Waals surface area contributed by atoms with Gasteiger partial charge < -0.3 is 8.98 Å². The summed E-state index contributed by atoms with van der Waals surface area (Å²) in [5, 5.41) is 10.2. The lowest BCUT2D eigenvalue weighted by molar-refractivity contribution is 0.670. The molecule has 2 heterocycles. The highest BCUT2D eigenvalue weighted by molar-refractivity contribution is 7.19. The normalized spacial score (nSPS) is 11.9. The van der Waals surface area contributed by atoms with Crippen molar-refractivity contribution in [2.75, 3.05) is 0 Å². The van der Waals surface area contributed by atoms with E-state index in [4.69, 9.17) is 4.42 Å². The summed E-state index contributed by atoms with van der Waals surface area (Å²) in [6, 6.07) is 82.0. The minimum atomic E-state index is -2.68. The second-order valence-corrected chi connectivity index (χ2v) is 18.6. The average Bonchev–Trinajstić information content (AvgIpc) is 3.84. The highest BCUT2D eigenvalue weighted by Gasteiger charge is 2.41. The van der Waals surface area contributed by atoms with Gasteiger partial charge in [-0.05, 0) is 67.8 Å². The van der Waals surface area contributed by atoms with Gasteiger partial charge >= 0.3 is 0 Å². The molecule has 2 aromatic heterocycles. The second kappa shape index (κ2) is 13.5. The Morgan fingerprint density at radius 1 is 0.351 bits per heavy atom. The molecular weight excluding hydrogens is 707 g/mol. The van der Waals surface area contributed by atoms with Crippen molar-refractivity contribution < 1.29 is 4.42 Å². The van der Waals surface area contributed by atoms with Crippen molar-refractivity contribution in [2.24, 2.45) is 0 Å². The van der Waals surface area contributed by atoms with E-state index in [1.54, 1.807) is 0 Å². The Morgan fingerprint density at radius 3 is 1.46 bits per heavy atom. The number of para-hydroxylation sites is 3. The number of hydrogen-bond acceptors (Lipinski definition) is 1. The summed E-state index contributed by atoms with van der Waals surface area (Å²) < 4.78 is 9.24. The summed E-state index contributed by atoms with van der Waals surface area (Å²) in [6.45, 7) is 0. The Hall–Kier alpha value is -7.20. The van der Waals surface area contributed by atoms with Gasteiger partial charge in [0.2, 0.25) is 0 Å². The third-order valence-electron chi connectivity index (χ3n) is 11.7. The third-order valence-corrected chi connectivity index (χ3v) is 16.5. The average molecular weight is 744 g/mol. The minimum absolute atomic E-state index is 0.879. The van der Waals surface area contributed by atoms with E-state index in [2.05, 4.69) is 229 Å². The zero-order chi connectivity index (χ0) is 37.8. The number of benzene rings is 9. The summed E-state index contributed by atoms with van der Waals surface area (Å²) in [6.07, 6.45) is 0. The van der Waals surface area contributed by atoms with Gasteiger partial charge in [-0.1, -0.05) is 194 Å². The summed E-state index contributed by atoms with van der Waals surface area (Å²) in [7, 11) is -2.68. The van der Waals surface area contributed by atoms with Crippen LogP contribution >= 0.6 is 0 Å². The Morgan fingerprint density at radius 2 is 0.825 bits per heavy atom. The van der Waals surface area contributed by atoms with Gasteiger partial charge in [-0.15, -0.1) is 0 Å². The first kappa shape index (κ1) is 33.2. The van der Waals surface area contributed by atoms with Crippen LogP contribution in [0.2, 0.25) is 0 Å². The van der Waals surface area contributed by atoms with Crippen LogP contribution in [0.3, 0.4) is 0 Å². The summed E-state index contributed by atoms with van der Waals surface area (Å²) in [5.74, 6) is 0. The van der Waals surface area contributed by atoms with E-state index >= 15 is 0 Å². The maximum absolute atomic E-state index is 6.85. The molecule has 0 saturated heterocycles. The first-order valence-corrected chi connectivity index (χ1v) is 21.6. The molecule has 9 aromatic carbocycles. The topological polar surface area (TPSA) is 18.1 Å². The van der Waals surface area contributed by atoms with Crippen LogP contribution in [0.4, 0.5) is 0 Å². The van der Waals surface area contributed by atoms with Crippen LogP contribution in [0.1, 0.15) is 0 Å². The Bertz CT molecular complexity index is 3080. The molecule has 0 fully saturated rings. The van der Waals surface area contributed by atoms with Gasteiger partial charge in [0.05, 0.1) is 22.1 Å². The molecule has 11 rings (SSSR count). The maximum Gasteiger partial charge on any atom is 0.179 e. The third kappa shape index (κ3) is 5.24. The molecule has 0 bridgehead atoms. The van der Waals surface area contributed by atoms with E-state index in [1.807, 2.05) is 0 Å². The van der Waals surface area contributed by atoms with Gasteiger partial charge in [0.15, 0.2) is 8.07 Å². The van der Waals surface area contributed by atoms with Gasteiger partial charge in [0.1, 0.15) is 11.2 Å². The fraction of sp³-hybridized carbons (Fsp3) is 0. The van der Waals surface area contributed by atoms with Crippen molar-refractivity contribution >= 4 is 72.6 Å². The van der Waals surface area contributed by atoms with Crippen LogP contribution in [0.25, 0.3) is 71.7 Å². The van der Waals surface area contributed by atoms with Crippen LogP contribution in [0.5, 0.6) is 0 Å². The monoisotopic (exact) mass is 743 g/mol. The fourth-order valence-corrected chi connectivity index (χ4v) is 14.1. The lowest BCUT2D eigenvalue weighted by atomic mass is 9.97. The summed E-state index contributed by atoms with van der Waals surface area (Å²) in [5.41, 5.74) is 9.84. The van der Waals surface area contributed by atoms with Gasteiger partial charge in [-0.25, -0.2) is 0 Å². The van der Waals surface area contributed by atoms with E-state index in [1.165, 1.54) is 53.7 Å². The standard InChI is InChI=1S/C54H37NOSi/c1-4-21-41(22-5-1)57(42-23-6-2-7-24-42,43-25-8-3-9-26-43)44-27-15-19-39(37-44)38-18-14-20-40(36-38)45-30-16-31-48-53-51(34-17-35-52(53)56-54(45)48)55-49-32-12-10-28-46(49)47-29-11-13-33-50(47)55/h1-37H. The van der Waals surface area contributed by atoms with Crippen molar-refractivity contribution in [1.29, 1.82) is 0 Å². The SMILES string of the molecule is c1ccc([Si](c2ccccc2)(c2ccccc2)c2cccc(-c3cccc(-c4cccc5c4oc4cccc(-n6c7ccccc7c7ccccc76)c45)c3)c2)cc1. The molecule has 0 saturated carbocycles. The zero-order valence-corrected chi connectivity index (χ0v) is 32.2. The largest absolute Gasteiger partial charge is 0.455 e. The zero-order valence-electron chi connectivity index (χ0n) is 31.2. The van der Waals surface area contributed by atoms with Crippen LogP contribution in [0.15, 0.2) is 229 Å². The van der Waals surface area contributed by atoms with E-state index in [0.717, 1.165) is 38.8 Å². The molecule has 0 aliphatic carbocycles. The molecule has 0 aliphatic rings. The summed E-state index contributed by atoms with van der Waals surface area (Å²) in [4.78, 5) is 0. The van der Waals surface area contributed by atoms with E-state index in [-0.39, 0.29) is 0 Å². The lowest BCUT2D eigenvalue weighted by Crippen LogP contribution is -2.74. The molecule has 0 spiro atoms. The predicted octanol–water partition coefficient (Wildman–Crippen LogP) is 11.4. The Balaban J connectivity index is 1.08. The van der Waals surface area contributed by atoms with Crippen LogP contribution < -0.4 is 20.7 Å². The van der Waals surface area contributed by atoms with E-state index in [0.29, 0.717) is 0 Å². The van der Waals surface area contributed by atoms with Gasteiger partial charge in [0, 0.05) is 21.7 Å². The molecule has 2 nitrogen and oxygen atoms in total. The lowest BCUT2D eigenvalue weighted by Gasteiger charge is -2.34. The molecule has 3 heteroatoms. The molecule has 268 valence electrons. The number of furan rings is 1. The molecule has 57 heavy (non-hydrogen) atoms. The number of fused-ring (bicyclic) bond motifs is 6. The molecule has 0 radical (unpaired) electrons. The highest BCUT2D eigenvalue weighted by atomic mass is 28.3. The molecule has 11 aromatic rings. The van der Waals surface area contributed by atoms with E-state index < -0.39 is 8.07 Å². The van der Waals surface area contributed by atoms with Gasteiger partial charge in [-0.2, -0.15) is 0 Å². The summed E-state index contributed by atoms with van der Waals surface area (Å²) >= 11 is 0. The first-order valence-electron chi connectivity index (χ1n) is 19.6. The Labute approximate surface area is 332 Å². The van der Waals surface area contributed by atoms with Crippen molar-refractivity contribution in [3.05, 3.63) is 224 Å². The molecule has 0 amide bonds. The van der Waals surface area contributed by atoms with Gasteiger partial charge in [-0.3, -0.25) is 0 Å². The quantitative estimate of drug-likeness (QED) is 0.117. The van der Waals surface area contributed by atoms with Crippen molar-refractivity contribution in [3.63, 3.8) is 0 Å². The molecule has 0 unspecified atom stereocenters. The Kier molecular flexibility index (Phi) is 7.87. The predicted molar refractivity (Wildman–Crippen MR) is 243 cm³/mol. The van der Waals surface area contributed by atoms with Gasteiger partial charge in [0.25, 0.3) is 0 Å². The molecule has 0 atom stereocenters. The first-order chi connectivity index (χ1) is 28.3. The van der Waals surface area contributed by atoms with Crippen LogP contribution in [0, 0.1) is 0 Å². The second-order valence-electron chi connectivity index (χ2n) is 14.8.